The van der Waals surface area contributed by atoms with Crippen LogP contribution in [0.1, 0.15) is 78.1 Å². The molecule has 0 atom stereocenters. The summed E-state index contributed by atoms with van der Waals surface area (Å²) in [6.45, 7) is 6.16. The first-order chi connectivity index (χ1) is 10.5. The second kappa shape index (κ2) is 22.0. The first kappa shape index (κ1) is 27.8. The maximum absolute atomic E-state index is 11.3. The zero-order valence-corrected chi connectivity index (χ0v) is 19.5. The Hall–Kier alpha value is 0.00338. The molecule has 0 fully saturated rings. The summed E-state index contributed by atoms with van der Waals surface area (Å²) in [4.78, 5) is 22.2. The molecule has 0 saturated heterocycles. The van der Waals surface area contributed by atoms with Crippen LogP contribution in [0.5, 0.6) is 0 Å². The number of carbonyl (C=O) groups is 2. The number of nitrogens with two attached hydrogens (primary N) is 1. The first-order valence-corrected chi connectivity index (χ1v) is 9.19. The van der Waals surface area contributed by atoms with Crippen molar-refractivity contribution in [3.8, 4) is 0 Å². The Bertz CT molecular complexity index is 265. The van der Waals surface area contributed by atoms with Gasteiger partial charge in [-0.3, -0.25) is 0 Å². The van der Waals surface area contributed by atoms with Gasteiger partial charge in [-0.1, -0.05) is 65.2 Å². The Labute approximate surface area is 166 Å². The number of hydrogen-bond donors (Lipinski definition) is 1. The van der Waals surface area contributed by atoms with E-state index in [2.05, 4.69) is 32.2 Å². The predicted octanol–water partition coefficient (Wildman–Crippen LogP) is 4.51. The van der Waals surface area contributed by atoms with E-state index in [0.717, 1.165) is 25.9 Å². The average Bonchev–Trinajstić information content (AvgIpc) is 2.43. The van der Waals surface area contributed by atoms with E-state index < -0.39 is 5.24 Å². The molecule has 4 nitrogen and oxygen atoms in total. The molecule has 0 aliphatic heterocycles. The molecule has 0 unspecified atom stereocenters. The minimum atomic E-state index is -0.750. The van der Waals surface area contributed by atoms with Gasteiger partial charge in [0.2, 0.25) is 0 Å². The fourth-order valence-electron chi connectivity index (χ4n) is 2.11. The molecule has 7 heteroatoms. The van der Waals surface area contributed by atoms with Crippen molar-refractivity contribution < 1.29 is 29.1 Å². The molecule has 2 N–H and O–H groups in total. The smallest absolute Gasteiger partial charge is 0.719 e. The summed E-state index contributed by atoms with van der Waals surface area (Å²) in [7, 11) is 0. The standard InChI is InChI=1S/C15H31NOS.CH3NOS.Zn/c1-3-5-7-9-11-13-16(15(17)18)14-12-10-8-6-4-2;2-1(3)4;/h3-14H2,1-2H3,(H,17,18);(H3,2,3,4);/q;;+2/p-2. The van der Waals surface area contributed by atoms with Gasteiger partial charge in [0.1, 0.15) is 5.24 Å². The van der Waals surface area contributed by atoms with Gasteiger partial charge in [-0.15, -0.1) is 0 Å². The SMILES string of the molecule is CCCCCCCN(CCCCCCC)C(=O)[S-].NC(=O)[S-].[Zn+2]. The Morgan fingerprint density at radius 2 is 1.09 bits per heavy atom. The van der Waals surface area contributed by atoms with Crippen LogP contribution < -0.4 is 5.73 Å². The van der Waals surface area contributed by atoms with Gasteiger partial charge in [-0.2, -0.15) is 0 Å². The normalized spacial score (nSPS) is 9.30. The predicted molar refractivity (Wildman–Crippen MR) is 98.8 cm³/mol. The minimum absolute atomic E-state index is 0. The Morgan fingerprint density at radius 3 is 1.35 bits per heavy atom. The summed E-state index contributed by atoms with van der Waals surface area (Å²) < 4.78 is 0. The molecule has 0 aromatic heterocycles. The van der Waals surface area contributed by atoms with Crippen LogP contribution in [0.15, 0.2) is 0 Å². The zero-order chi connectivity index (χ0) is 17.2. The molecule has 0 rings (SSSR count). The molecule has 0 aromatic carbocycles. The number of rotatable bonds is 12. The minimum Gasteiger partial charge on any atom is -0.719 e. The molecule has 0 bridgehead atoms. The molecule has 0 aliphatic carbocycles. The van der Waals surface area contributed by atoms with Crippen LogP contribution in [0, 0.1) is 0 Å². The fraction of sp³-hybridized carbons (Fsp3) is 0.875. The second-order valence-corrected chi connectivity index (χ2v) is 6.15. The van der Waals surface area contributed by atoms with Gasteiger partial charge in [0.15, 0.2) is 0 Å². The van der Waals surface area contributed by atoms with E-state index in [0.29, 0.717) is 0 Å². The number of hydrogen-bond acceptors (Lipinski definition) is 4. The van der Waals surface area contributed by atoms with Gasteiger partial charge >= 0.3 is 19.5 Å². The van der Waals surface area contributed by atoms with Gasteiger partial charge in [0.05, 0.1) is 5.24 Å². The van der Waals surface area contributed by atoms with Crippen molar-refractivity contribution in [2.24, 2.45) is 5.73 Å². The van der Waals surface area contributed by atoms with Gasteiger partial charge in [-0.05, 0) is 12.8 Å². The van der Waals surface area contributed by atoms with Crippen LogP contribution in [0.2, 0.25) is 0 Å². The third-order valence-electron chi connectivity index (χ3n) is 3.32. The van der Waals surface area contributed by atoms with E-state index in [1.54, 1.807) is 0 Å². The first-order valence-electron chi connectivity index (χ1n) is 8.38. The van der Waals surface area contributed by atoms with Crippen LogP contribution in [0.3, 0.4) is 0 Å². The molecule has 132 valence electrons. The van der Waals surface area contributed by atoms with E-state index in [4.69, 9.17) is 17.4 Å². The Morgan fingerprint density at radius 1 is 0.783 bits per heavy atom. The van der Waals surface area contributed by atoms with Crippen LogP contribution in [-0.2, 0) is 44.7 Å². The summed E-state index contributed by atoms with van der Waals surface area (Å²) in [5.41, 5.74) is 4.29. The van der Waals surface area contributed by atoms with Crippen molar-refractivity contribution in [3.63, 3.8) is 0 Å². The van der Waals surface area contributed by atoms with Crippen LogP contribution in [0.25, 0.3) is 0 Å². The molecule has 23 heavy (non-hydrogen) atoms. The molecule has 0 saturated carbocycles. The fourth-order valence-corrected chi connectivity index (χ4v) is 2.29. The largest absolute Gasteiger partial charge is 2.00 e. The van der Waals surface area contributed by atoms with Crippen LogP contribution in [-0.4, -0.2) is 28.5 Å². The second-order valence-electron chi connectivity index (χ2n) is 5.40. The maximum atomic E-state index is 11.3. The summed E-state index contributed by atoms with van der Waals surface area (Å²) in [6.07, 6.45) is 12.4. The molecule has 0 aliphatic rings. The molecular formula is C16H32N2O2S2Zn. The van der Waals surface area contributed by atoms with E-state index in [9.17, 15) is 4.79 Å². The summed E-state index contributed by atoms with van der Waals surface area (Å²) in [6, 6.07) is 0. The maximum Gasteiger partial charge on any atom is 2.00 e. The van der Waals surface area contributed by atoms with Crippen molar-refractivity contribution in [1.82, 2.24) is 4.90 Å². The van der Waals surface area contributed by atoms with Gasteiger partial charge in [-0.25, -0.2) is 0 Å². The summed E-state index contributed by atoms with van der Waals surface area (Å²) >= 11 is 8.55. The number of amides is 2. The molecule has 2 amide bonds. The van der Waals surface area contributed by atoms with E-state index >= 15 is 0 Å². The summed E-state index contributed by atoms with van der Waals surface area (Å²) in [5.74, 6) is 0. The molecule has 0 radical (unpaired) electrons. The number of nitrogens with zero attached hydrogens (tertiary/aromatic N) is 1. The van der Waals surface area contributed by atoms with Crippen LogP contribution >= 0.6 is 0 Å². The van der Waals surface area contributed by atoms with Crippen molar-refractivity contribution >= 4 is 35.7 Å². The van der Waals surface area contributed by atoms with E-state index in [1.165, 1.54) is 51.4 Å². The van der Waals surface area contributed by atoms with E-state index in [1.807, 2.05) is 4.90 Å². The average molecular weight is 414 g/mol. The molecule has 0 heterocycles. The topological polar surface area (TPSA) is 63.4 Å². The summed E-state index contributed by atoms with van der Waals surface area (Å²) in [5, 5.41) is -0.916. The molecule has 0 spiro atoms. The van der Waals surface area contributed by atoms with Gasteiger partial charge in [0, 0.05) is 13.1 Å². The van der Waals surface area contributed by atoms with Crippen molar-refractivity contribution in [3.05, 3.63) is 0 Å². The van der Waals surface area contributed by atoms with Crippen molar-refractivity contribution in [1.29, 1.82) is 0 Å². The third-order valence-corrected chi connectivity index (χ3v) is 3.58. The van der Waals surface area contributed by atoms with Crippen molar-refractivity contribution in [2.75, 3.05) is 13.1 Å². The third kappa shape index (κ3) is 27.2. The van der Waals surface area contributed by atoms with Crippen LogP contribution in [0.4, 0.5) is 9.59 Å². The molecule has 0 aromatic rings. The Kier molecular flexibility index (Phi) is 26.6. The van der Waals surface area contributed by atoms with Crippen molar-refractivity contribution in [2.45, 2.75) is 78.1 Å². The number of carbonyl (C=O) groups excluding carboxylic acids is 2. The van der Waals surface area contributed by atoms with Gasteiger partial charge in [0.25, 0.3) is 0 Å². The zero-order valence-electron chi connectivity index (χ0n) is 14.8. The monoisotopic (exact) mass is 412 g/mol. The number of unbranched alkanes of at least 4 members (excludes halogenated alkanes) is 8. The molecular weight excluding hydrogens is 382 g/mol. The van der Waals surface area contributed by atoms with Gasteiger partial charge < -0.3 is 45.5 Å². The number of primary amides is 1. The Balaban J connectivity index is -0.000000712. The quantitative estimate of drug-likeness (QED) is 0.290. The van der Waals surface area contributed by atoms with E-state index in [-0.39, 0.29) is 24.7 Å².